The summed E-state index contributed by atoms with van der Waals surface area (Å²) in [6.07, 6.45) is 3.28. The first-order valence-corrected chi connectivity index (χ1v) is 4.84. The number of nitrogens with one attached hydrogen (secondary N) is 1. The maximum absolute atomic E-state index is 11.3. The Morgan fingerprint density at radius 2 is 2.29 bits per heavy atom. The molecule has 4 heteroatoms. The Labute approximate surface area is 84.0 Å². The Bertz CT molecular complexity index is 332. The van der Waals surface area contributed by atoms with Gasteiger partial charge in [0.2, 0.25) is 0 Å². The topological polar surface area (TPSA) is 46.9 Å². The van der Waals surface area contributed by atoms with Crippen molar-refractivity contribution in [1.82, 2.24) is 14.9 Å². The maximum atomic E-state index is 11.3. The zero-order chi connectivity index (χ0) is 10.6. The second-order valence-corrected chi connectivity index (χ2v) is 3.69. The molecule has 1 heterocycles. The second kappa shape index (κ2) is 4.91. The fourth-order valence-electron chi connectivity index (χ4n) is 1.37. The Morgan fingerprint density at radius 1 is 1.57 bits per heavy atom. The van der Waals surface area contributed by atoms with Gasteiger partial charge in [-0.25, -0.2) is 9.78 Å². The van der Waals surface area contributed by atoms with E-state index in [1.807, 2.05) is 7.05 Å². The van der Waals surface area contributed by atoms with E-state index >= 15 is 0 Å². The van der Waals surface area contributed by atoms with E-state index < -0.39 is 0 Å². The minimum atomic E-state index is -0.187. The summed E-state index contributed by atoms with van der Waals surface area (Å²) < 4.78 is 1.63. The minimum Gasteiger partial charge on any atom is -0.315 e. The van der Waals surface area contributed by atoms with Crippen molar-refractivity contribution in [1.29, 1.82) is 0 Å². The van der Waals surface area contributed by atoms with Gasteiger partial charge in [0.1, 0.15) is 0 Å². The van der Waals surface area contributed by atoms with Crippen LogP contribution in [0.15, 0.2) is 23.3 Å². The summed E-state index contributed by atoms with van der Waals surface area (Å²) in [6.45, 7) is 4.92. The molecule has 0 aromatic carbocycles. The van der Waals surface area contributed by atoms with Gasteiger partial charge in [-0.1, -0.05) is 13.8 Å². The highest BCUT2D eigenvalue weighted by molar-refractivity contribution is 4.83. The predicted octanol–water partition coefficient (Wildman–Crippen LogP) is 0.487. The average Bonchev–Trinajstić information content (AvgIpc) is 2.16. The number of aromatic nitrogens is 2. The highest BCUT2D eigenvalue weighted by Crippen LogP contribution is 2.02. The van der Waals surface area contributed by atoms with E-state index in [4.69, 9.17) is 0 Å². The fraction of sp³-hybridized carbons (Fsp3) is 0.600. The Morgan fingerprint density at radius 3 is 2.79 bits per heavy atom. The van der Waals surface area contributed by atoms with Crippen molar-refractivity contribution in [2.24, 2.45) is 5.92 Å². The molecule has 0 aliphatic heterocycles. The summed E-state index contributed by atoms with van der Waals surface area (Å²) in [5.74, 6) is 0.493. The van der Waals surface area contributed by atoms with Crippen LogP contribution in [0, 0.1) is 5.92 Å². The summed E-state index contributed by atoms with van der Waals surface area (Å²) in [5.41, 5.74) is -0.187. The normalized spacial score (nSPS) is 13.1. The molecule has 78 valence electrons. The monoisotopic (exact) mass is 195 g/mol. The lowest BCUT2D eigenvalue weighted by Gasteiger charge is -2.20. The molecule has 0 aliphatic rings. The number of nitrogens with zero attached hydrogens (tertiary/aromatic N) is 2. The van der Waals surface area contributed by atoms with Crippen LogP contribution in [0.1, 0.15) is 13.8 Å². The third-order valence-electron chi connectivity index (χ3n) is 2.35. The highest BCUT2D eigenvalue weighted by atomic mass is 16.1. The van der Waals surface area contributed by atoms with Crippen LogP contribution in [0.2, 0.25) is 0 Å². The van der Waals surface area contributed by atoms with Gasteiger partial charge in [0.05, 0.1) is 0 Å². The number of likely N-dealkylation sites (N-methyl/N-ethyl adjacent to an activating group) is 1. The molecule has 1 aromatic heterocycles. The van der Waals surface area contributed by atoms with Crippen LogP contribution in [0.25, 0.3) is 0 Å². The second-order valence-electron chi connectivity index (χ2n) is 3.69. The van der Waals surface area contributed by atoms with Crippen molar-refractivity contribution in [3.63, 3.8) is 0 Å². The summed E-state index contributed by atoms with van der Waals surface area (Å²) in [5, 5.41) is 3.19. The molecule has 4 nitrogen and oxygen atoms in total. The van der Waals surface area contributed by atoms with E-state index in [9.17, 15) is 4.79 Å². The van der Waals surface area contributed by atoms with Crippen LogP contribution in [0.3, 0.4) is 0 Å². The lowest BCUT2D eigenvalue weighted by atomic mass is 10.1. The van der Waals surface area contributed by atoms with Gasteiger partial charge in [-0.2, -0.15) is 0 Å². The number of hydrogen-bond donors (Lipinski definition) is 1. The Hall–Kier alpha value is -1.16. The quantitative estimate of drug-likeness (QED) is 0.760. The Kier molecular flexibility index (Phi) is 3.83. The van der Waals surface area contributed by atoms with Crippen LogP contribution in [-0.4, -0.2) is 22.6 Å². The van der Waals surface area contributed by atoms with E-state index in [1.54, 1.807) is 16.8 Å². The molecule has 0 aliphatic carbocycles. The molecule has 0 amide bonds. The van der Waals surface area contributed by atoms with Crippen molar-refractivity contribution in [3.8, 4) is 0 Å². The molecule has 1 N–H and O–H groups in total. The number of hydrogen-bond acceptors (Lipinski definition) is 3. The summed E-state index contributed by atoms with van der Waals surface area (Å²) in [7, 11) is 1.91. The molecule has 0 saturated heterocycles. The standard InChI is InChI=1S/C10H17N3O/c1-8(2)9(11-3)7-13-6-4-5-12-10(13)14/h4-6,8-9,11H,7H2,1-3H3. The molecule has 1 rings (SSSR count). The van der Waals surface area contributed by atoms with E-state index in [1.165, 1.54) is 6.20 Å². The molecule has 1 atom stereocenters. The zero-order valence-electron chi connectivity index (χ0n) is 8.90. The smallest absolute Gasteiger partial charge is 0.315 e. The molecule has 14 heavy (non-hydrogen) atoms. The van der Waals surface area contributed by atoms with Crippen LogP contribution in [0.4, 0.5) is 0 Å². The summed E-state index contributed by atoms with van der Waals surface area (Å²) >= 11 is 0. The van der Waals surface area contributed by atoms with Crippen LogP contribution in [-0.2, 0) is 6.54 Å². The first kappa shape index (κ1) is 10.9. The SMILES string of the molecule is CNC(Cn1cccnc1=O)C(C)C. The van der Waals surface area contributed by atoms with Crippen molar-refractivity contribution in [3.05, 3.63) is 28.9 Å². The minimum absolute atomic E-state index is 0.187. The molecule has 0 fully saturated rings. The lowest BCUT2D eigenvalue weighted by Crippen LogP contribution is -2.38. The molecular weight excluding hydrogens is 178 g/mol. The molecule has 1 unspecified atom stereocenters. The molecule has 0 spiro atoms. The van der Waals surface area contributed by atoms with E-state index in [0.717, 1.165) is 0 Å². The summed E-state index contributed by atoms with van der Waals surface area (Å²) in [6, 6.07) is 2.07. The third kappa shape index (κ3) is 2.67. The van der Waals surface area contributed by atoms with E-state index in [0.29, 0.717) is 18.5 Å². The highest BCUT2D eigenvalue weighted by Gasteiger charge is 2.11. The molecule has 0 saturated carbocycles. The third-order valence-corrected chi connectivity index (χ3v) is 2.35. The van der Waals surface area contributed by atoms with Crippen molar-refractivity contribution >= 4 is 0 Å². The number of rotatable bonds is 4. The predicted molar refractivity (Wildman–Crippen MR) is 56.2 cm³/mol. The van der Waals surface area contributed by atoms with Gasteiger partial charge in [-0.15, -0.1) is 0 Å². The van der Waals surface area contributed by atoms with Gasteiger partial charge < -0.3 is 5.32 Å². The van der Waals surface area contributed by atoms with Gasteiger partial charge in [0.25, 0.3) is 0 Å². The van der Waals surface area contributed by atoms with Crippen LogP contribution in [0.5, 0.6) is 0 Å². The molecule has 1 aromatic rings. The first-order chi connectivity index (χ1) is 6.65. The zero-order valence-corrected chi connectivity index (χ0v) is 8.90. The van der Waals surface area contributed by atoms with Crippen LogP contribution >= 0.6 is 0 Å². The van der Waals surface area contributed by atoms with Crippen molar-refractivity contribution in [2.45, 2.75) is 26.4 Å². The first-order valence-electron chi connectivity index (χ1n) is 4.84. The molecule has 0 bridgehead atoms. The largest absolute Gasteiger partial charge is 0.347 e. The average molecular weight is 195 g/mol. The van der Waals surface area contributed by atoms with Gasteiger partial charge in [0, 0.05) is 25.0 Å². The van der Waals surface area contributed by atoms with E-state index in [-0.39, 0.29) is 5.69 Å². The Balaban J connectivity index is 2.77. The lowest BCUT2D eigenvalue weighted by molar-refractivity contribution is 0.371. The van der Waals surface area contributed by atoms with Gasteiger partial charge in [-0.3, -0.25) is 4.57 Å². The van der Waals surface area contributed by atoms with Crippen LogP contribution < -0.4 is 11.0 Å². The van der Waals surface area contributed by atoms with E-state index in [2.05, 4.69) is 24.1 Å². The van der Waals surface area contributed by atoms with Crippen molar-refractivity contribution in [2.75, 3.05) is 7.05 Å². The van der Waals surface area contributed by atoms with Gasteiger partial charge in [-0.05, 0) is 19.0 Å². The molecular formula is C10H17N3O. The summed E-state index contributed by atoms with van der Waals surface area (Å²) in [4.78, 5) is 15.0. The van der Waals surface area contributed by atoms with Crippen molar-refractivity contribution < 1.29 is 0 Å². The fourth-order valence-corrected chi connectivity index (χ4v) is 1.37. The van der Waals surface area contributed by atoms with Gasteiger partial charge >= 0.3 is 5.69 Å². The van der Waals surface area contributed by atoms with Gasteiger partial charge in [0.15, 0.2) is 0 Å². The molecule has 0 radical (unpaired) electrons. The maximum Gasteiger partial charge on any atom is 0.347 e.